The molecule has 4 N–H and O–H groups in total. The Balaban J connectivity index is 1.70. The van der Waals surface area contributed by atoms with Crippen molar-refractivity contribution in [3.05, 3.63) is 95.1 Å². The number of hydrazone groups is 2. The number of amides is 4. The van der Waals surface area contributed by atoms with E-state index in [1.807, 2.05) is 0 Å². The van der Waals surface area contributed by atoms with Crippen molar-refractivity contribution < 1.29 is 28.6 Å². The van der Waals surface area contributed by atoms with Crippen LogP contribution < -0.4 is 10.6 Å². The van der Waals surface area contributed by atoms with Crippen molar-refractivity contribution >= 4 is 35.9 Å². The van der Waals surface area contributed by atoms with Gasteiger partial charge in [-0.25, -0.2) is 28.4 Å². The van der Waals surface area contributed by atoms with Crippen LogP contribution in [0.2, 0.25) is 0 Å². The Morgan fingerprint density at radius 1 is 0.769 bits per heavy atom. The quantitative estimate of drug-likeness (QED) is 0.230. The van der Waals surface area contributed by atoms with Crippen LogP contribution in [0.5, 0.6) is 0 Å². The first-order chi connectivity index (χ1) is 18.8. The lowest BCUT2D eigenvalue weighted by Crippen LogP contribution is -2.34. The zero-order valence-corrected chi connectivity index (χ0v) is 21.1. The van der Waals surface area contributed by atoms with Crippen molar-refractivity contribution in [2.24, 2.45) is 10.2 Å². The molecule has 3 rings (SSSR count). The molecule has 0 saturated heterocycles. The third-order valence-electron chi connectivity index (χ3n) is 5.26. The highest BCUT2D eigenvalue weighted by atomic mass is 19.1. The fourth-order valence-electron chi connectivity index (χ4n) is 3.19. The topological polar surface area (TPSA) is 130 Å². The molecule has 3 aromatic carbocycles. The van der Waals surface area contributed by atoms with Gasteiger partial charge in [-0.3, -0.25) is 0 Å². The summed E-state index contributed by atoms with van der Waals surface area (Å²) in [5.41, 5.74) is 2.52. The molecule has 0 aliphatic rings. The van der Waals surface area contributed by atoms with Crippen molar-refractivity contribution in [1.82, 2.24) is 10.0 Å². The molecule has 0 aliphatic carbocycles. The highest BCUT2D eigenvalue weighted by molar-refractivity contribution is 5.94. The van der Waals surface area contributed by atoms with E-state index in [2.05, 4.69) is 20.8 Å². The third-order valence-corrected chi connectivity index (χ3v) is 5.26. The predicted molar refractivity (Wildman–Crippen MR) is 145 cm³/mol. The average Bonchev–Trinajstić information content (AvgIpc) is 2.92. The molecule has 0 atom stereocenters. The lowest BCUT2D eigenvalue weighted by atomic mass is 10.2. The van der Waals surface area contributed by atoms with Gasteiger partial charge in [0, 0.05) is 11.4 Å². The number of aryl methyl sites for hydroxylation is 1. The number of carbonyl (C=O) groups excluding carboxylic acids is 2. The van der Waals surface area contributed by atoms with E-state index in [1.165, 1.54) is 67.0 Å². The molecule has 0 fully saturated rings. The van der Waals surface area contributed by atoms with Crippen LogP contribution in [0.4, 0.5) is 29.7 Å². The second-order valence-electron chi connectivity index (χ2n) is 8.18. The molecule has 39 heavy (non-hydrogen) atoms. The minimum atomic E-state index is -0.644. The van der Waals surface area contributed by atoms with Gasteiger partial charge in [0.15, 0.2) is 0 Å². The second kappa shape index (κ2) is 14.3. The fraction of sp³-hybridized carbons (Fsp3) is 0.185. The van der Waals surface area contributed by atoms with E-state index in [4.69, 9.17) is 0 Å². The summed E-state index contributed by atoms with van der Waals surface area (Å²) in [6.07, 6.45) is 2.72. The third kappa shape index (κ3) is 8.98. The Bertz CT molecular complexity index is 1320. The standard InChI is InChI=1S/C27H28F2N6O4/c1-19-2-11-24(32-26(38)34(12-14-36)30-17-20-3-7-22(28)8-4-20)16-25(19)33-27(39)35(13-15-37)31-18-21-5-9-23(29)10-6-21/h2-11,16-18,36-37H,12-15H2,1H3,(H,32,38)(H,33,39)/b30-17+,31-18+. The van der Waals surface area contributed by atoms with E-state index in [9.17, 15) is 28.6 Å². The maximum Gasteiger partial charge on any atom is 0.342 e. The van der Waals surface area contributed by atoms with Gasteiger partial charge in [0.2, 0.25) is 0 Å². The molecule has 0 radical (unpaired) electrons. The number of carbonyl (C=O) groups is 2. The molecular formula is C27H28F2N6O4. The highest BCUT2D eigenvalue weighted by Gasteiger charge is 2.16. The Morgan fingerprint density at radius 2 is 1.23 bits per heavy atom. The Morgan fingerprint density at radius 3 is 1.69 bits per heavy atom. The second-order valence-corrected chi connectivity index (χ2v) is 8.18. The SMILES string of the molecule is Cc1ccc(NC(=O)N(CCO)/N=C/c2ccc(F)cc2)cc1NC(=O)N(CCO)/N=C/c1ccc(F)cc1. The molecule has 12 heteroatoms. The summed E-state index contributed by atoms with van der Waals surface area (Å²) >= 11 is 0. The molecule has 4 amide bonds. The number of rotatable bonds is 10. The van der Waals surface area contributed by atoms with E-state index in [1.54, 1.807) is 19.1 Å². The summed E-state index contributed by atoms with van der Waals surface area (Å²) in [5, 5.41) is 34.2. The minimum Gasteiger partial charge on any atom is -0.394 e. The summed E-state index contributed by atoms with van der Waals surface area (Å²) in [6.45, 7) is 0.873. The molecule has 0 bridgehead atoms. The van der Waals surface area contributed by atoms with Crippen molar-refractivity contribution in [2.75, 3.05) is 36.9 Å². The Labute approximate surface area is 223 Å². The zero-order chi connectivity index (χ0) is 28.2. The number of hydrogen-bond acceptors (Lipinski definition) is 6. The van der Waals surface area contributed by atoms with Crippen molar-refractivity contribution in [3.8, 4) is 0 Å². The Hall–Kier alpha value is -4.68. The first-order valence-electron chi connectivity index (χ1n) is 11.9. The van der Waals surface area contributed by atoms with Crippen LogP contribution in [0.1, 0.15) is 16.7 Å². The number of hydrogen-bond donors (Lipinski definition) is 4. The van der Waals surface area contributed by atoms with Crippen LogP contribution >= 0.6 is 0 Å². The normalized spacial score (nSPS) is 11.1. The predicted octanol–water partition coefficient (Wildman–Crippen LogP) is 3.99. The molecule has 0 unspecified atom stereocenters. The minimum absolute atomic E-state index is 0.0960. The van der Waals surface area contributed by atoms with Crippen LogP contribution in [0.15, 0.2) is 76.9 Å². The number of urea groups is 2. The van der Waals surface area contributed by atoms with Crippen LogP contribution in [-0.4, -0.2) is 71.0 Å². The highest BCUT2D eigenvalue weighted by Crippen LogP contribution is 2.21. The number of aliphatic hydroxyl groups excluding tert-OH is 2. The van der Waals surface area contributed by atoms with E-state index in [-0.39, 0.29) is 26.3 Å². The molecule has 204 valence electrons. The molecule has 3 aromatic rings. The van der Waals surface area contributed by atoms with Gasteiger partial charge < -0.3 is 20.8 Å². The first kappa shape index (κ1) is 28.9. The lowest BCUT2D eigenvalue weighted by molar-refractivity contribution is 0.191. The summed E-state index contributed by atoms with van der Waals surface area (Å²) in [7, 11) is 0. The van der Waals surface area contributed by atoms with Crippen molar-refractivity contribution in [3.63, 3.8) is 0 Å². The number of anilines is 2. The number of nitrogens with one attached hydrogen (secondary N) is 2. The van der Waals surface area contributed by atoms with E-state index >= 15 is 0 Å². The molecule has 0 saturated carbocycles. The van der Waals surface area contributed by atoms with Crippen LogP contribution in [0.25, 0.3) is 0 Å². The maximum absolute atomic E-state index is 13.1. The average molecular weight is 539 g/mol. The molecule has 10 nitrogen and oxygen atoms in total. The number of halogens is 2. The summed E-state index contributed by atoms with van der Waals surface area (Å²) in [6, 6.07) is 14.6. The van der Waals surface area contributed by atoms with Crippen LogP contribution in [0.3, 0.4) is 0 Å². The van der Waals surface area contributed by atoms with Gasteiger partial charge >= 0.3 is 12.1 Å². The van der Waals surface area contributed by atoms with Gasteiger partial charge in [0.05, 0.1) is 38.7 Å². The van der Waals surface area contributed by atoms with Crippen LogP contribution in [-0.2, 0) is 0 Å². The monoisotopic (exact) mass is 538 g/mol. The Kier molecular flexibility index (Phi) is 10.6. The maximum atomic E-state index is 13.1. The molecule has 0 heterocycles. The summed E-state index contributed by atoms with van der Waals surface area (Å²) in [5.74, 6) is -0.808. The smallest absolute Gasteiger partial charge is 0.342 e. The van der Waals surface area contributed by atoms with Gasteiger partial charge in [-0.1, -0.05) is 30.3 Å². The molecule has 0 spiro atoms. The largest absolute Gasteiger partial charge is 0.394 e. The van der Waals surface area contributed by atoms with E-state index in [0.717, 1.165) is 10.0 Å². The van der Waals surface area contributed by atoms with Gasteiger partial charge in [-0.05, 0) is 60.0 Å². The van der Waals surface area contributed by atoms with E-state index < -0.39 is 23.7 Å². The lowest BCUT2D eigenvalue weighted by Gasteiger charge is -2.19. The number of nitrogens with zero attached hydrogens (tertiary/aromatic N) is 4. The van der Waals surface area contributed by atoms with Gasteiger partial charge in [-0.2, -0.15) is 10.2 Å². The summed E-state index contributed by atoms with van der Waals surface area (Å²) < 4.78 is 26.2. The van der Waals surface area contributed by atoms with Gasteiger partial charge in [0.1, 0.15) is 11.6 Å². The van der Waals surface area contributed by atoms with Crippen LogP contribution in [0, 0.1) is 18.6 Å². The fourth-order valence-corrected chi connectivity index (χ4v) is 3.19. The van der Waals surface area contributed by atoms with Crippen molar-refractivity contribution in [2.45, 2.75) is 6.92 Å². The molecule has 0 aromatic heterocycles. The first-order valence-corrected chi connectivity index (χ1v) is 11.9. The molecule has 0 aliphatic heterocycles. The molecular weight excluding hydrogens is 510 g/mol. The van der Waals surface area contributed by atoms with Gasteiger partial charge in [-0.15, -0.1) is 0 Å². The zero-order valence-electron chi connectivity index (χ0n) is 21.1. The summed E-state index contributed by atoms with van der Waals surface area (Å²) in [4.78, 5) is 25.7. The number of aliphatic hydroxyl groups is 2. The van der Waals surface area contributed by atoms with Gasteiger partial charge in [0.25, 0.3) is 0 Å². The number of benzene rings is 3. The van der Waals surface area contributed by atoms with E-state index in [0.29, 0.717) is 28.1 Å². The van der Waals surface area contributed by atoms with Crippen molar-refractivity contribution in [1.29, 1.82) is 0 Å².